The fraction of sp³-hybridized carbons (Fsp3) is 0.500. The van der Waals surface area contributed by atoms with Gasteiger partial charge in [0, 0.05) is 12.1 Å². The molecule has 1 saturated carbocycles. The second kappa shape index (κ2) is 7.11. The van der Waals surface area contributed by atoms with Crippen molar-refractivity contribution in [1.29, 1.82) is 0 Å². The quantitative estimate of drug-likeness (QED) is 0.778. The maximum absolute atomic E-state index is 12.0. The fourth-order valence-electron chi connectivity index (χ4n) is 2.86. The van der Waals surface area contributed by atoms with Crippen molar-refractivity contribution in [3.05, 3.63) is 29.8 Å². The number of rotatable bonds is 5. The topological polar surface area (TPSA) is 84.2 Å². The number of hydrogen-bond acceptors (Lipinski definition) is 2. The summed E-state index contributed by atoms with van der Waals surface area (Å²) in [5, 5.41) is 5.54. The molecule has 0 aromatic heterocycles. The molecule has 4 N–H and O–H groups in total. The minimum atomic E-state index is -0.583. The van der Waals surface area contributed by atoms with Gasteiger partial charge in [-0.25, -0.2) is 4.79 Å². The molecule has 1 aromatic carbocycles. The summed E-state index contributed by atoms with van der Waals surface area (Å²) in [6.45, 7) is 1.96. The number of hydrogen-bond donors (Lipinski definition) is 3. The van der Waals surface area contributed by atoms with Gasteiger partial charge in [0.25, 0.3) is 0 Å². The Bertz CT molecular complexity index is 493. The van der Waals surface area contributed by atoms with Crippen molar-refractivity contribution in [2.24, 2.45) is 11.7 Å². The molecule has 0 aliphatic heterocycles. The van der Waals surface area contributed by atoms with Crippen LogP contribution in [0.25, 0.3) is 0 Å². The van der Waals surface area contributed by atoms with Gasteiger partial charge in [-0.05, 0) is 43.4 Å². The zero-order chi connectivity index (χ0) is 15.2. The average molecular weight is 289 g/mol. The molecule has 5 heteroatoms. The van der Waals surface area contributed by atoms with Crippen molar-refractivity contribution in [3.63, 3.8) is 0 Å². The van der Waals surface area contributed by atoms with E-state index in [1.807, 2.05) is 19.1 Å². The molecule has 3 amide bonds. The maximum Gasteiger partial charge on any atom is 0.316 e. The zero-order valence-electron chi connectivity index (χ0n) is 12.4. The Morgan fingerprint density at radius 2 is 1.86 bits per heavy atom. The van der Waals surface area contributed by atoms with Crippen LogP contribution in [0.2, 0.25) is 0 Å². The largest absolute Gasteiger partial charge is 0.351 e. The first-order chi connectivity index (χ1) is 10.0. The number of urea groups is 1. The van der Waals surface area contributed by atoms with Gasteiger partial charge < -0.3 is 16.4 Å². The number of benzene rings is 1. The van der Waals surface area contributed by atoms with Crippen molar-refractivity contribution in [2.45, 2.75) is 45.1 Å². The van der Waals surface area contributed by atoms with Crippen LogP contribution in [0.4, 0.5) is 10.5 Å². The molecule has 0 spiro atoms. The summed E-state index contributed by atoms with van der Waals surface area (Å²) in [6, 6.07) is 6.69. The summed E-state index contributed by atoms with van der Waals surface area (Å²) >= 11 is 0. The van der Waals surface area contributed by atoms with E-state index in [2.05, 4.69) is 10.6 Å². The predicted molar refractivity (Wildman–Crippen MR) is 82.8 cm³/mol. The number of nitrogens with one attached hydrogen (secondary N) is 2. The number of amides is 3. The Labute approximate surface area is 125 Å². The van der Waals surface area contributed by atoms with E-state index in [4.69, 9.17) is 5.73 Å². The number of carbonyl (C=O) groups excluding carboxylic acids is 2. The molecule has 1 aromatic rings. The molecular formula is C16H23N3O2. The highest BCUT2D eigenvalue weighted by Gasteiger charge is 2.19. The molecule has 5 nitrogen and oxygen atoms in total. The first kappa shape index (κ1) is 15.4. The molecule has 114 valence electrons. The normalized spacial score (nSPS) is 16.4. The Hall–Kier alpha value is -2.04. The van der Waals surface area contributed by atoms with Gasteiger partial charge in [0.05, 0.1) is 6.04 Å². The third kappa shape index (κ3) is 4.77. The lowest BCUT2D eigenvalue weighted by Crippen LogP contribution is -2.28. The van der Waals surface area contributed by atoms with Crippen LogP contribution in [-0.2, 0) is 4.79 Å². The minimum absolute atomic E-state index is 0.0402. The summed E-state index contributed by atoms with van der Waals surface area (Å²) in [7, 11) is 0. The molecule has 2 rings (SSSR count). The Morgan fingerprint density at radius 1 is 1.24 bits per heavy atom. The number of anilines is 1. The van der Waals surface area contributed by atoms with Crippen molar-refractivity contribution in [3.8, 4) is 0 Å². The van der Waals surface area contributed by atoms with Gasteiger partial charge in [0.15, 0.2) is 0 Å². The fourth-order valence-corrected chi connectivity index (χ4v) is 2.86. The van der Waals surface area contributed by atoms with Crippen LogP contribution in [0, 0.1) is 5.92 Å². The lowest BCUT2D eigenvalue weighted by molar-refractivity contribution is -0.122. The molecule has 0 radical (unpaired) electrons. The van der Waals surface area contributed by atoms with Gasteiger partial charge in [-0.15, -0.1) is 0 Å². The molecule has 1 atom stereocenters. The second-order valence-electron chi connectivity index (χ2n) is 5.76. The highest BCUT2D eigenvalue weighted by molar-refractivity contribution is 5.87. The van der Waals surface area contributed by atoms with Gasteiger partial charge in [-0.3, -0.25) is 4.79 Å². The molecule has 1 aliphatic rings. The van der Waals surface area contributed by atoms with E-state index < -0.39 is 6.03 Å². The Morgan fingerprint density at radius 3 is 2.43 bits per heavy atom. The molecule has 1 unspecified atom stereocenters. The first-order valence-corrected chi connectivity index (χ1v) is 7.50. The molecule has 1 aliphatic carbocycles. The van der Waals surface area contributed by atoms with Crippen molar-refractivity contribution >= 4 is 17.6 Å². The summed E-state index contributed by atoms with van der Waals surface area (Å²) in [6.07, 6.45) is 5.49. The van der Waals surface area contributed by atoms with Gasteiger partial charge in [0.1, 0.15) is 0 Å². The lowest BCUT2D eigenvalue weighted by atomic mass is 10.0. The van der Waals surface area contributed by atoms with Gasteiger partial charge in [-0.2, -0.15) is 0 Å². The Kier molecular flexibility index (Phi) is 5.20. The summed E-state index contributed by atoms with van der Waals surface area (Å²) in [4.78, 5) is 22.8. The van der Waals surface area contributed by atoms with Gasteiger partial charge in [-0.1, -0.05) is 25.0 Å². The monoisotopic (exact) mass is 289 g/mol. The van der Waals surface area contributed by atoms with Crippen LogP contribution >= 0.6 is 0 Å². The minimum Gasteiger partial charge on any atom is -0.351 e. The second-order valence-corrected chi connectivity index (χ2v) is 5.76. The molecule has 1 fully saturated rings. The van der Waals surface area contributed by atoms with Crippen LogP contribution < -0.4 is 16.4 Å². The Balaban J connectivity index is 1.85. The van der Waals surface area contributed by atoms with Gasteiger partial charge in [0.2, 0.25) is 5.91 Å². The first-order valence-electron chi connectivity index (χ1n) is 7.50. The highest BCUT2D eigenvalue weighted by Crippen LogP contribution is 2.27. The van der Waals surface area contributed by atoms with E-state index in [1.54, 1.807) is 12.1 Å². The molecule has 0 bridgehead atoms. The number of nitrogens with two attached hydrogens (primary N) is 1. The molecule has 0 heterocycles. The van der Waals surface area contributed by atoms with E-state index in [0.717, 1.165) is 5.56 Å². The van der Waals surface area contributed by atoms with Crippen molar-refractivity contribution in [2.75, 3.05) is 5.32 Å². The highest BCUT2D eigenvalue weighted by atomic mass is 16.2. The van der Waals surface area contributed by atoms with E-state index >= 15 is 0 Å². The smallest absolute Gasteiger partial charge is 0.316 e. The lowest BCUT2D eigenvalue weighted by Gasteiger charge is -2.16. The number of carbonyl (C=O) groups is 2. The van der Waals surface area contributed by atoms with E-state index in [9.17, 15) is 9.59 Å². The molecule has 0 saturated heterocycles. The van der Waals surface area contributed by atoms with Crippen LogP contribution in [0.5, 0.6) is 0 Å². The van der Waals surface area contributed by atoms with E-state index in [1.165, 1.54) is 25.7 Å². The summed E-state index contributed by atoms with van der Waals surface area (Å²) < 4.78 is 0. The standard InChI is InChI=1S/C16H23N3O2/c1-11(18-15(20)10-12-4-2-3-5-12)13-6-8-14(9-7-13)19-16(17)21/h6-9,11-12H,2-5,10H2,1H3,(H,18,20)(H3,17,19,21). The third-order valence-electron chi connectivity index (χ3n) is 4.00. The van der Waals surface area contributed by atoms with Crippen LogP contribution in [0.15, 0.2) is 24.3 Å². The molecular weight excluding hydrogens is 266 g/mol. The van der Waals surface area contributed by atoms with Gasteiger partial charge >= 0.3 is 6.03 Å². The van der Waals surface area contributed by atoms with Crippen LogP contribution in [-0.4, -0.2) is 11.9 Å². The van der Waals surface area contributed by atoms with Crippen molar-refractivity contribution < 1.29 is 9.59 Å². The van der Waals surface area contributed by atoms with Crippen molar-refractivity contribution in [1.82, 2.24) is 5.32 Å². The summed E-state index contributed by atoms with van der Waals surface area (Å²) in [5.41, 5.74) is 6.71. The zero-order valence-corrected chi connectivity index (χ0v) is 12.4. The third-order valence-corrected chi connectivity index (χ3v) is 4.00. The maximum atomic E-state index is 12.0. The van der Waals surface area contributed by atoms with Crippen LogP contribution in [0.3, 0.4) is 0 Å². The average Bonchev–Trinajstić information content (AvgIpc) is 2.91. The SMILES string of the molecule is CC(NC(=O)CC1CCCC1)c1ccc(NC(N)=O)cc1. The van der Waals surface area contributed by atoms with E-state index in [0.29, 0.717) is 18.0 Å². The number of primary amides is 1. The predicted octanol–water partition coefficient (Wildman–Crippen LogP) is 2.93. The van der Waals surface area contributed by atoms with E-state index in [-0.39, 0.29) is 11.9 Å². The van der Waals surface area contributed by atoms with Crippen LogP contribution in [0.1, 0.15) is 50.6 Å². The molecule has 21 heavy (non-hydrogen) atoms. The summed E-state index contributed by atoms with van der Waals surface area (Å²) in [5.74, 6) is 0.674.